The largest absolute Gasteiger partial charge is 0.481 e. The van der Waals surface area contributed by atoms with Gasteiger partial charge in [-0.3, -0.25) is 20.4 Å². The summed E-state index contributed by atoms with van der Waals surface area (Å²) in [6.45, 7) is 7.36. The lowest BCUT2D eigenvalue weighted by atomic mass is 10.1. The molecular weight excluding hydrogens is 394 g/mol. The van der Waals surface area contributed by atoms with Crippen LogP contribution in [-0.4, -0.2) is 32.9 Å². The van der Waals surface area contributed by atoms with E-state index in [2.05, 4.69) is 15.6 Å². The van der Waals surface area contributed by atoms with Gasteiger partial charge in [0.05, 0.1) is 4.90 Å². The van der Waals surface area contributed by atoms with Crippen molar-refractivity contribution in [2.75, 3.05) is 6.54 Å². The van der Waals surface area contributed by atoms with Gasteiger partial charge in [-0.05, 0) is 62.2 Å². The first-order valence-corrected chi connectivity index (χ1v) is 10.6. The number of hydrogen-bond acceptors (Lipinski definition) is 5. The topological polar surface area (TPSA) is 114 Å². The molecule has 8 nitrogen and oxygen atoms in total. The van der Waals surface area contributed by atoms with E-state index in [-0.39, 0.29) is 17.0 Å². The average molecular weight is 420 g/mol. The molecule has 2 aromatic rings. The average Bonchev–Trinajstić information content (AvgIpc) is 2.69. The van der Waals surface area contributed by atoms with E-state index in [0.717, 1.165) is 11.1 Å². The zero-order chi connectivity index (χ0) is 21.6. The predicted molar refractivity (Wildman–Crippen MR) is 109 cm³/mol. The van der Waals surface area contributed by atoms with Gasteiger partial charge in [-0.1, -0.05) is 19.1 Å². The first-order valence-electron chi connectivity index (χ1n) is 9.08. The highest BCUT2D eigenvalue weighted by atomic mass is 32.2. The van der Waals surface area contributed by atoms with Crippen molar-refractivity contribution in [2.45, 2.75) is 38.7 Å². The molecule has 0 aromatic heterocycles. The number of nitrogens with one attached hydrogen (secondary N) is 3. The minimum absolute atomic E-state index is 0.0514. The Morgan fingerprint density at radius 2 is 1.69 bits per heavy atom. The lowest BCUT2D eigenvalue weighted by Gasteiger charge is -2.17. The zero-order valence-electron chi connectivity index (χ0n) is 16.8. The molecule has 0 spiro atoms. The number of hydrogen-bond donors (Lipinski definition) is 3. The lowest BCUT2D eigenvalue weighted by molar-refractivity contribution is -0.128. The van der Waals surface area contributed by atoms with Crippen molar-refractivity contribution < 1.29 is 22.7 Å². The summed E-state index contributed by atoms with van der Waals surface area (Å²) in [6.07, 6.45) is -0.830. The molecule has 156 valence electrons. The molecule has 0 aliphatic carbocycles. The van der Waals surface area contributed by atoms with E-state index in [1.165, 1.54) is 24.3 Å². The molecule has 0 bridgehead atoms. The van der Waals surface area contributed by atoms with E-state index in [0.29, 0.717) is 5.75 Å². The van der Waals surface area contributed by atoms with E-state index < -0.39 is 27.9 Å². The van der Waals surface area contributed by atoms with E-state index in [1.54, 1.807) is 19.9 Å². The summed E-state index contributed by atoms with van der Waals surface area (Å²) in [5, 5.41) is 0. The molecule has 0 heterocycles. The number of sulfonamides is 1. The van der Waals surface area contributed by atoms with Crippen LogP contribution in [0.3, 0.4) is 0 Å². The normalized spacial score (nSPS) is 12.1. The standard InChI is InChI=1S/C20H25N3O5S/c1-5-21-29(26,27)17-11-9-16(10-12-17)20(25)23-22-19(24)15(4)28-18-8-6-7-13(2)14(18)3/h6-12,15,21H,5H2,1-4H3,(H,22,24)(H,23,25)/t15-/m1/s1. The summed E-state index contributed by atoms with van der Waals surface area (Å²) in [6, 6.07) is 10.9. The monoisotopic (exact) mass is 419 g/mol. The number of amides is 2. The maximum absolute atomic E-state index is 12.2. The van der Waals surface area contributed by atoms with E-state index in [1.807, 2.05) is 26.0 Å². The Kier molecular flexibility index (Phi) is 7.35. The summed E-state index contributed by atoms with van der Waals surface area (Å²) in [7, 11) is -3.59. The van der Waals surface area contributed by atoms with Gasteiger partial charge in [0.1, 0.15) is 5.75 Å². The Bertz CT molecular complexity index is 988. The van der Waals surface area contributed by atoms with Gasteiger partial charge in [0.15, 0.2) is 6.10 Å². The molecule has 9 heteroatoms. The highest BCUT2D eigenvalue weighted by Crippen LogP contribution is 2.21. The molecule has 2 amide bonds. The smallest absolute Gasteiger partial charge is 0.279 e. The van der Waals surface area contributed by atoms with Gasteiger partial charge in [0.2, 0.25) is 10.0 Å². The minimum Gasteiger partial charge on any atom is -0.481 e. The highest BCUT2D eigenvalue weighted by Gasteiger charge is 2.18. The Morgan fingerprint density at radius 3 is 2.31 bits per heavy atom. The van der Waals surface area contributed by atoms with Gasteiger partial charge >= 0.3 is 0 Å². The van der Waals surface area contributed by atoms with Crippen molar-refractivity contribution in [3.05, 3.63) is 59.2 Å². The molecule has 0 saturated carbocycles. The lowest BCUT2D eigenvalue weighted by Crippen LogP contribution is -2.47. The number of ether oxygens (including phenoxy) is 1. The summed E-state index contributed by atoms with van der Waals surface area (Å²) in [5.74, 6) is -0.508. The van der Waals surface area contributed by atoms with E-state index >= 15 is 0 Å². The quantitative estimate of drug-likeness (QED) is 0.593. The van der Waals surface area contributed by atoms with Crippen LogP contribution in [0.4, 0.5) is 0 Å². The third-order valence-electron chi connectivity index (χ3n) is 4.29. The third-order valence-corrected chi connectivity index (χ3v) is 5.85. The number of hydrazine groups is 1. The predicted octanol–water partition coefficient (Wildman–Crippen LogP) is 1.83. The SMILES string of the molecule is CCNS(=O)(=O)c1ccc(C(=O)NNC(=O)[C@@H](C)Oc2cccc(C)c2C)cc1. The van der Waals surface area contributed by atoms with Crippen molar-refractivity contribution in [3.63, 3.8) is 0 Å². The van der Waals surface area contributed by atoms with Gasteiger partial charge in [-0.25, -0.2) is 13.1 Å². The first kappa shape index (κ1) is 22.4. The molecule has 0 radical (unpaired) electrons. The highest BCUT2D eigenvalue weighted by molar-refractivity contribution is 7.89. The maximum Gasteiger partial charge on any atom is 0.279 e. The summed E-state index contributed by atoms with van der Waals surface area (Å²) >= 11 is 0. The summed E-state index contributed by atoms with van der Waals surface area (Å²) < 4.78 is 31.9. The third kappa shape index (κ3) is 5.78. The maximum atomic E-state index is 12.2. The van der Waals surface area contributed by atoms with Crippen LogP contribution in [-0.2, 0) is 14.8 Å². The van der Waals surface area contributed by atoms with Gasteiger partial charge < -0.3 is 4.74 Å². The van der Waals surface area contributed by atoms with Gasteiger partial charge in [0, 0.05) is 12.1 Å². The first-order chi connectivity index (χ1) is 13.7. The zero-order valence-corrected chi connectivity index (χ0v) is 17.6. The molecule has 0 aliphatic rings. The van der Waals surface area contributed by atoms with Crippen molar-refractivity contribution >= 4 is 21.8 Å². The van der Waals surface area contributed by atoms with Gasteiger partial charge in [-0.15, -0.1) is 0 Å². The number of benzene rings is 2. The Morgan fingerprint density at radius 1 is 1.03 bits per heavy atom. The number of carbonyl (C=O) groups is 2. The van der Waals surface area contributed by atoms with Crippen LogP contribution >= 0.6 is 0 Å². The number of aryl methyl sites for hydroxylation is 1. The Balaban J connectivity index is 1.94. The van der Waals surface area contributed by atoms with Crippen LogP contribution in [0.25, 0.3) is 0 Å². The summed E-state index contributed by atoms with van der Waals surface area (Å²) in [4.78, 5) is 24.4. The molecule has 2 aromatic carbocycles. The Hall–Kier alpha value is -2.91. The van der Waals surface area contributed by atoms with Crippen LogP contribution in [0.1, 0.15) is 35.3 Å². The minimum atomic E-state index is -3.59. The van der Waals surface area contributed by atoms with Crippen molar-refractivity contribution in [3.8, 4) is 5.75 Å². The van der Waals surface area contributed by atoms with E-state index in [4.69, 9.17) is 4.74 Å². The molecule has 0 unspecified atom stereocenters. The van der Waals surface area contributed by atoms with Crippen molar-refractivity contribution in [1.29, 1.82) is 0 Å². The fraction of sp³-hybridized carbons (Fsp3) is 0.300. The molecular formula is C20H25N3O5S. The molecule has 0 aliphatic heterocycles. The van der Waals surface area contributed by atoms with Crippen LogP contribution in [0.2, 0.25) is 0 Å². The Labute approximate surface area is 170 Å². The molecule has 0 fully saturated rings. The summed E-state index contributed by atoms with van der Waals surface area (Å²) in [5.41, 5.74) is 6.77. The van der Waals surface area contributed by atoms with Crippen LogP contribution in [0, 0.1) is 13.8 Å². The van der Waals surface area contributed by atoms with Crippen molar-refractivity contribution in [2.24, 2.45) is 0 Å². The van der Waals surface area contributed by atoms with Crippen LogP contribution < -0.4 is 20.3 Å². The van der Waals surface area contributed by atoms with Crippen molar-refractivity contribution in [1.82, 2.24) is 15.6 Å². The second-order valence-corrected chi connectivity index (χ2v) is 8.19. The molecule has 2 rings (SSSR count). The second-order valence-electron chi connectivity index (χ2n) is 6.43. The number of carbonyl (C=O) groups excluding carboxylic acids is 2. The van der Waals surface area contributed by atoms with Crippen LogP contribution in [0.5, 0.6) is 5.75 Å². The van der Waals surface area contributed by atoms with Gasteiger partial charge in [0.25, 0.3) is 11.8 Å². The molecule has 3 N–H and O–H groups in total. The fourth-order valence-corrected chi connectivity index (χ4v) is 3.49. The van der Waals surface area contributed by atoms with Gasteiger partial charge in [-0.2, -0.15) is 0 Å². The molecule has 0 saturated heterocycles. The fourth-order valence-electron chi connectivity index (χ4n) is 2.45. The van der Waals surface area contributed by atoms with E-state index in [9.17, 15) is 18.0 Å². The van der Waals surface area contributed by atoms with Crippen LogP contribution in [0.15, 0.2) is 47.4 Å². The molecule has 1 atom stereocenters. The second kappa shape index (κ2) is 9.53. The number of rotatable bonds is 7. The molecule has 29 heavy (non-hydrogen) atoms.